The van der Waals surface area contributed by atoms with Crippen LogP contribution in [0, 0.1) is 5.92 Å². The van der Waals surface area contributed by atoms with E-state index in [1.807, 2.05) is 36.4 Å². The Bertz CT molecular complexity index is 765. The van der Waals surface area contributed by atoms with Crippen LogP contribution in [0.5, 0.6) is 11.5 Å². The molecule has 0 aromatic heterocycles. The Morgan fingerprint density at radius 1 is 0.781 bits per heavy atom. The van der Waals surface area contributed by atoms with E-state index in [-0.39, 0.29) is 12.1 Å². The second kappa shape index (κ2) is 14.5. The van der Waals surface area contributed by atoms with Crippen LogP contribution in [0.4, 0.5) is 0 Å². The molecule has 0 bridgehead atoms. The number of ether oxygens (including phenoxy) is 3. The van der Waals surface area contributed by atoms with Crippen molar-refractivity contribution in [2.45, 2.75) is 78.7 Å². The molecule has 0 aliphatic carbocycles. The highest BCUT2D eigenvalue weighted by Gasteiger charge is 2.15. The Labute approximate surface area is 194 Å². The average molecular weight is 441 g/mol. The van der Waals surface area contributed by atoms with Crippen molar-refractivity contribution in [1.29, 1.82) is 0 Å². The third-order valence-electron chi connectivity index (χ3n) is 5.31. The van der Waals surface area contributed by atoms with Crippen LogP contribution in [0.2, 0.25) is 0 Å². The molecule has 4 nitrogen and oxygen atoms in total. The number of rotatable bonds is 15. The molecule has 0 spiro atoms. The lowest BCUT2D eigenvalue weighted by molar-refractivity contribution is -0.148. The minimum Gasteiger partial charge on any atom is -0.494 e. The van der Waals surface area contributed by atoms with Gasteiger partial charge in [-0.15, -0.1) is 0 Å². The average Bonchev–Trinajstić information content (AvgIpc) is 2.77. The summed E-state index contributed by atoms with van der Waals surface area (Å²) in [5.41, 5.74) is 2.26. The first-order valence-electron chi connectivity index (χ1n) is 12.1. The quantitative estimate of drug-likeness (QED) is 0.213. The number of unbranched alkanes of at least 4 members (excludes halogenated alkanes) is 5. The predicted molar refractivity (Wildman–Crippen MR) is 131 cm³/mol. The van der Waals surface area contributed by atoms with Crippen LogP contribution in [-0.2, 0) is 9.53 Å². The van der Waals surface area contributed by atoms with Crippen LogP contribution in [0.15, 0.2) is 48.5 Å². The van der Waals surface area contributed by atoms with Gasteiger partial charge in [-0.25, -0.2) is 0 Å². The first-order chi connectivity index (χ1) is 15.5. The van der Waals surface area contributed by atoms with Crippen molar-refractivity contribution < 1.29 is 19.0 Å². The van der Waals surface area contributed by atoms with E-state index in [1.54, 1.807) is 0 Å². The first-order valence-corrected chi connectivity index (χ1v) is 12.1. The second-order valence-corrected chi connectivity index (χ2v) is 8.84. The van der Waals surface area contributed by atoms with Crippen LogP contribution in [-0.4, -0.2) is 25.3 Å². The molecule has 0 saturated heterocycles. The topological polar surface area (TPSA) is 44.8 Å². The summed E-state index contributed by atoms with van der Waals surface area (Å²) in [5, 5.41) is 0. The minimum absolute atomic E-state index is 0.226. The molecule has 0 fully saturated rings. The van der Waals surface area contributed by atoms with Gasteiger partial charge in [-0.2, -0.15) is 0 Å². The Hall–Kier alpha value is -2.49. The summed E-state index contributed by atoms with van der Waals surface area (Å²) in [5.74, 6) is 1.86. The van der Waals surface area contributed by atoms with Crippen molar-refractivity contribution in [3.63, 3.8) is 0 Å². The molecule has 0 radical (unpaired) electrons. The van der Waals surface area contributed by atoms with Gasteiger partial charge in [0, 0.05) is 6.92 Å². The number of hydrogen-bond donors (Lipinski definition) is 0. The van der Waals surface area contributed by atoms with Crippen molar-refractivity contribution in [1.82, 2.24) is 0 Å². The molecule has 0 N–H and O–H groups in total. The van der Waals surface area contributed by atoms with E-state index >= 15 is 0 Å². The molecule has 0 unspecified atom stereocenters. The molecule has 1 atom stereocenters. The summed E-state index contributed by atoms with van der Waals surface area (Å²) in [6.07, 6.45) is 8.17. The van der Waals surface area contributed by atoms with Gasteiger partial charge in [0.2, 0.25) is 0 Å². The molecular weight excluding hydrogens is 400 g/mol. The van der Waals surface area contributed by atoms with E-state index in [1.165, 1.54) is 39.0 Å². The molecule has 0 aliphatic rings. The van der Waals surface area contributed by atoms with Gasteiger partial charge in [0.25, 0.3) is 0 Å². The van der Waals surface area contributed by atoms with Gasteiger partial charge in [-0.05, 0) is 54.2 Å². The molecule has 2 aromatic carbocycles. The van der Waals surface area contributed by atoms with Gasteiger partial charge in [0.1, 0.15) is 24.2 Å². The van der Waals surface area contributed by atoms with Gasteiger partial charge in [-0.1, -0.05) is 77.1 Å². The van der Waals surface area contributed by atoms with E-state index in [4.69, 9.17) is 14.2 Å². The van der Waals surface area contributed by atoms with E-state index < -0.39 is 0 Å². The Kier molecular flexibility index (Phi) is 11.7. The van der Waals surface area contributed by atoms with Gasteiger partial charge in [0.15, 0.2) is 0 Å². The van der Waals surface area contributed by atoms with Crippen molar-refractivity contribution in [2.75, 3.05) is 13.2 Å². The van der Waals surface area contributed by atoms with Crippen LogP contribution in [0.1, 0.15) is 72.6 Å². The summed E-state index contributed by atoms with van der Waals surface area (Å²) >= 11 is 0. The number of carbonyl (C=O) groups excluding carboxylic acids is 1. The molecule has 0 heterocycles. The summed E-state index contributed by atoms with van der Waals surface area (Å²) in [7, 11) is 0. The summed E-state index contributed by atoms with van der Waals surface area (Å²) in [6.45, 7) is 9.04. The lowest BCUT2D eigenvalue weighted by Gasteiger charge is -2.19. The molecule has 0 aliphatic heterocycles. The smallest absolute Gasteiger partial charge is 0.303 e. The second-order valence-electron chi connectivity index (χ2n) is 8.84. The maximum Gasteiger partial charge on any atom is 0.303 e. The molecule has 0 saturated carbocycles. The molecule has 0 amide bonds. The van der Waals surface area contributed by atoms with Crippen molar-refractivity contribution in [3.8, 4) is 22.6 Å². The fourth-order valence-electron chi connectivity index (χ4n) is 3.66. The third-order valence-corrected chi connectivity index (χ3v) is 5.31. The first kappa shape index (κ1) is 25.8. The van der Waals surface area contributed by atoms with Gasteiger partial charge in [0.05, 0.1) is 6.61 Å². The number of esters is 1. The van der Waals surface area contributed by atoms with Crippen LogP contribution < -0.4 is 9.47 Å². The van der Waals surface area contributed by atoms with Crippen LogP contribution >= 0.6 is 0 Å². The highest BCUT2D eigenvalue weighted by molar-refractivity contribution is 5.66. The van der Waals surface area contributed by atoms with Crippen molar-refractivity contribution in [3.05, 3.63) is 48.5 Å². The van der Waals surface area contributed by atoms with E-state index in [0.29, 0.717) is 12.5 Å². The SMILES string of the molecule is CCCCCCCCOc1ccc(-c2ccc(OC[C@H](CC(C)C)OC(C)=O)cc2)cc1. The number of benzene rings is 2. The molecular formula is C28H40O4. The maximum atomic E-state index is 11.3. The highest BCUT2D eigenvalue weighted by Crippen LogP contribution is 2.25. The molecule has 32 heavy (non-hydrogen) atoms. The van der Waals surface area contributed by atoms with E-state index in [0.717, 1.165) is 42.1 Å². The maximum absolute atomic E-state index is 11.3. The Morgan fingerprint density at radius 2 is 1.31 bits per heavy atom. The Balaban J connectivity index is 1.80. The van der Waals surface area contributed by atoms with Gasteiger partial charge >= 0.3 is 5.97 Å². The zero-order valence-electron chi connectivity index (χ0n) is 20.3. The summed E-state index contributed by atoms with van der Waals surface area (Å²) < 4.78 is 17.1. The minimum atomic E-state index is -0.269. The predicted octanol–water partition coefficient (Wildman–Crippen LogP) is 7.45. The largest absolute Gasteiger partial charge is 0.494 e. The van der Waals surface area contributed by atoms with Gasteiger partial charge in [-0.3, -0.25) is 4.79 Å². The number of hydrogen-bond acceptors (Lipinski definition) is 4. The number of carbonyl (C=O) groups is 1. The molecule has 4 heteroatoms. The third kappa shape index (κ3) is 10.2. The fraction of sp³-hybridized carbons (Fsp3) is 0.536. The highest BCUT2D eigenvalue weighted by atomic mass is 16.6. The molecule has 2 aromatic rings. The van der Waals surface area contributed by atoms with Crippen molar-refractivity contribution >= 4 is 5.97 Å². The fourth-order valence-corrected chi connectivity index (χ4v) is 3.66. The normalized spacial score (nSPS) is 11.9. The van der Waals surface area contributed by atoms with Gasteiger partial charge < -0.3 is 14.2 Å². The molecule has 2 rings (SSSR count). The van der Waals surface area contributed by atoms with E-state index in [9.17, 15) is 4.79 Å². The zero-order chi connectivity index (χ0) is 23.2. The standard InChI is InChI=1S/C28H40O4/c1-5-6-7-8-9-10-19-30-26-15-11-24(12-16-26)25-13-17-27(18-14-25)31-21-28(20-22(2)3)32-23(4)29/h11-18,22,28H,5-10,19-21H2,1-4H3/t28-/m0/s1. The van der Waals surface area contributed by atoms with Crippen molar-refractivity contribution in [2.24, 2.45) is 5.92 Å². The lowest BCUT2D eigenvalue weighted by Crippen LogP contribution is -2.25. The van der Waals surface area contributed by atoms with Crippen LogP contribution in [0.25, 0.3) is 11.1 Å². The lowest BCUT2D eigenvalue weighted by atomic mass is 10.1. The van der Waals surface area contributed by atoms with E-state index in [2.05, 4.69) is 32.9 Å². The molecule has 176 valence electrons. The Morgan fingerprint density at radius 3 is 1.84 bits per heavy atom. The zero-order valence-corrected chi connectivity index (χ0v) is 20.3. The van der Waals surface area contributed by atoms with Crippen LogP contribution in [0.3, 0.4) is 0 Å². The summed E-state index contributed by atoms with van der Waals surface area (Å²) in [6, 6.07) is 16.3. The monoisotopic (exact) mass is 440 g/mol. The summed E-state index contributed by atoms with van der Waals surface area (Å²) in [4.78, 5) is 11.3.